The zero-order valence-electron chi connectivity index (χ0n) is 15.0. The van der Waals surface area contributed by atoms with Crippen LogP contribution in [0.1, 0.15) is 17.2 Å². The van der Waals surface area contributed by atoms with Crippen LogP contribution in [0.25, 0.3) is 0 Å². The van der Waals surface area contributed by atoms with Crippen molar-refractivity contribution in [2.24, 2.45) is 0 Å². The molecule has 0 bridgehead atoms. The highest BCUT2D eigenvalue weighted by atomic mass is 35.5. The lowest BCUT2D eigenvalue weighted by atomic mass is 9.98. The average Bonchev–Trinajstić information content (AvgIpc) is 2.69. The Balaban J connectivity index is 0.00000261. The molecule has 1 aliphatic rings. The van der Waals surface area contributed by atoms with Crippen LogP contribution in [-0.4, -0.2) is 48.7 Å². The zero-order valence-corrected chi connectivity index (χ0v) is 15.8. The van der Waals surface area contributed by atoms with Gasteiger partial charge in [-0.1, -0.05) is 42.5 Å². The van der Waals surface area contributed by atoms with E-state index in [1.165, 1.54) is 0 Å². The lowest BCUT2D eigenvalue weighted by Gasteiger charge is -2.38. The molecule has 0 spiro atoms. The van der Waals surface area contributed by atoms with Gasteiger partial charge in [0.2, 0.25) is 0 Å². The third-order valence-corrected chi connectivity index (χ3v) is 4.57. The van der Waals surface area contributed by atoms with Crippen LogP contribution >= 0.6 is 12.4 Å². The Morgan fingerprint density at radius 3 is 2.26 bits per heavy atom. The van der Waals surface area contributed by atoms with E-state index in [0.29, 0.717) is 44.1 Å². The topological polar surface area (TPSA) is 44.7 Å². The van der Waals surface area contributed by atoms with Crippen LogP contribution in [0.2, 0.25) is 0 Å². The quantitative estimate of drug-likeness (QED) is 0.751. The number of alkyl halides is 2. The minimum absolute atomic E-state index is 0. The highest BCUT2D eigenvalue weighted by molar-refractivity contribution is 5.85. The molecule has 3 rings (SSSR count). The SMILES string of the molecule is Cl.OCC(F)(F)[C@@H](c1ccc(OCc2ccccc2)cc1)N1CCNCC1. The van der Waals surface area contributed by atoms with Crippen LogP contribution in [0.5, 0.6) is 5.75 Å². The van der Waals surface area contributed by atoms with Crippen LogP contribution in [0.15, 0.2) is 54.6 Å². The zero-order chi connectivity index (χ0) is 18.4. The lowest BCUT2D eigenvalue weighted by Crippen LogP contribution is -2.51. The first kappa shape index (κ1) is 21.6. The van der Waals surface area contributed by atoms with Gasteiger partial charge in [0.25, 0.3) is 5.92 Å². The van der Waals surface area contributed by atoms with Gasteiger partial charge in [-0.3, -0.25) is 4.90 Å². The fourth-order valence-electron chi connectivity index (χ4n) is 3.24. The second kappa shape index (κ2) is 9.99. The van der Waals surface area contributed by atoms with Crippen LogP contribution < -0.4 is 10.1 Å². The van der Waals surface area contributed by atoms with Crippen molar-refractivity contribution in [1.29, 1.82) is 0 Å². The van der Waals surface area contributed by atoms with Gasteiger partial charge in [-0.25, -0.2) is 8.78 Å². The Bertz CT molecular complexity index is 680. The van der Waals surface area contributed by atoms with Crippen LogP contribution in [-0.2, 0) is 6.61 Å². The molecule has 2 N–H and O–H groups in total. The van der Waals surface area contributed by atoms with E-state index in [0.717, 1.165) is 5.56 Å². The molecule has 1 heterocycles. The molecule has 1 saturated heterocycles. The molecule has 4 nitrogen and oxygen atoms in total. The van der Waals surface area contributed by atoms with Gasteiger partial charge in [-0.05, 0) is 23.3 Å². The molecule has 0 aliphatic carbocycles. The maximum absolute atomic E-state index is 14.4. The van der Waals surface area contributed by atoms with Crippen molar-refractivity contribution in [2.45, 2.75) is 18.6 Å². The predicted octanol–water partition coefficient (Wildman–Crippen LogP) is 3.26. The van der Waals surface area contributed by atoms with Crippen molar-refractivity contribution in [2.75, 3.05) is 32.8 Å². The molecule has 1 aliphatic heterocycles. The van der Waals surface area contributed by atoms with E-state index in [1.54, 1.807) is 29.2 Å². The number of benzene rings is 2. The van der Waals surface area contributed by atoms with Crippen molar-refractivity contribution in [3.05, 3.63) is 65.7 Å². The highest BCUT2D eigenvalue weighted by Crippen LogP contribution is 2.37. The number of ether oxygens (including phenoxy) is 1. The molecule has 0 saturated carbocycles. The van der Waals surface area contributed by atoms with Gasteiger partial charge in [0.15, 0.2) is 0 Å². The normalized spacial score (nSPS) is 16.4. The summed E-state index contributed by atoms with van der Waals surface area (Å²) in [5, 5.41) is 12.4. The summed E-state index contributed by atoms with van der Waals surface area (Å²) < 4.78 is 34.6. The maximum atomic E-state index is 14.4. The van der Waals surface area contributed by atoms with Crippen LogP contribution in [0, 0.1) is 0 Å². The number of piperazine rings is 1. The molecular weight excluding hydrogens is 374 g/mol. The van der Waals surface area contributed by atoms with Crippen LogP contribution in [0.3, 0.4) is 0 Å². The molecule has 0 aromatic heterocycles. The summed E-state index contributed by atoms with van der Waals surface area (Å²) in [7, 11) is 0. The first-order valence-electron chi connectivity index (χ1n) is 8.80. The Morgan fingerprint density at radius 2 is 1.67 bits per heavy atom. The van der Waals surface area contributed by atoms with Gasteiger partial charge in [0.05, 0.1) is 0 Å². The molecule has 27 heavy (non-hydrogen) atoms. The fraction of sp³-hybridized carbons (Fsp3) is 0.400. The number of nitrogens with zero attached hydrogens (tertiary/aromatic N) is 1. The Labute approximate surface area is 164 Å². The van der Waals surface area contributed by atoms with Gasteiger partial charge < -0.3 is 15.2 Å². The van der Waals surface area contributed by atoms with E-state index >= 15 is 0 Å². The molecule has 0 unspecified atom stereocenters. The van der Waals surface area contributed by atoms with Crippen LogP contribution in [0.4, 0.5) is 8.78 Å². The van der Waals surface area contributed by atoms with E-state index in [9.17, 15) is 13.9 Å². The first-order valence-corrected chi connectivity index (χ1v) is 8.80. The van der Waals surface area contributed by atoms with Gasteiger partial charge >= 0.3 is 0 Å². The molecule has 2 aromatic rings. The van der Waals surface area contributed by atoms with Crippen molar-refractivity contribution in [3.63, 3.8) is 0 Å². The molecule has 2 aromatic carbocycles. The van der Waals surface area contributed by atoms with Crippen molar-refractivity contribution < 1.29 is 18.6 Å². The van der Waals surface area contributed by atoms with Crippen molar-refractivity contribution >= 4 is 12.4 Å². The Morgan fingerprint density at radius 1 is 1.04 bits per heavy atom. The monoisotopic (exact) mass is 398 g/mol. The first-order chi connectivity index (χ1) is 12.6. The number of halogens is 3. The largest absolute Gasteiger partial charge is 0.489 e. The summed E-state index contributed by atoms with van der Waals surface area (Å²) in [5.41, 5.74) is 1.53. The summed E-state index contributed by atoms with van der Waals surface area (Å²) in [4.78, 5) is 1.73. The van der Waals surface area contributed by atoms with Gasteiger partial charge in [0, 0.05) is 26.2 Å². The molecule has 1 atom stereocenters. The average molecular weight is 399 g/mol. The fourth-order valence-corrected chi connectivity index (χ4v) is 3.24. The number of hydrogen-bond acceptors (Lipinski definition) is 4. The Hall–Kier alpha value is -1.73. The minimum atomic E-state index is -3.20. The molecular formula is C20H25ClF2N2O2. The standard InChI is InChI=1S/C20H24F2N2O2.ClH/c21-20(22,15-25)19(24-12-10-23-11-13-24)17-6-8-18(9-7-17)26-14-16-4-2-1-3-5-16;/h1-9,19,23,25H,10-15H2;1H/t19-;/m1./s1. The number of rotatable bonds is 7. The van der Waals surface area contributed by atoms with Gasteiger partial charge in [-0.15, -0.1) is 12.4 Å². The van der Waals surface area contributed by atoms with Crippen molar-refractivity contribution in [3.8, 4) is 5.75 Å². The molecule has 7 heteroatoms. The minimum Gasteiger partial charge on any atom is -0.489 e. The second-order valence-electron chi connectivity index (χ2n) is 6.45. The smallest absolute Gasteiger partial charge is 0.289 e. The Kier molecular flexibility index (Phi) is 7.98. The van der Waals surface area contributed by atoms with E-state index in [2.05, 4.69) is 5.32 Å². The van der Waals surface area contributed by atoms with Gasteiger partial charge in [-0.2, -0.15) is 0 Å². The number of aliphatic hydroxyl groups is 1. The number of aliphatic hydroxyl groups excluding tert-OH is 1. The maximum Gasteiger partial charge on any atom is 0.289 e. The van der Waals surface area contributed by atoms with E-state index in [-0.39, 0.29) is 12.4 Å². The summed E-state index contributed by atoms with van der Waals surface area (Å²) in [6, 6.07) is 15.4. The predicted molar refractivity (Wildman–Crippen MR) is 104 cm³/mol. The third kappa shape index (κ3) is 5.62. The van der Waals surface area contributed by atoms with E-state index < -0.39 is 18.6 Å². The summed E-state index contributed by atoms with van der Waals surface area (Å²) in [5.74, 6) is -2.58. The molecule has 148 valence electrons. The summed E-state index contributed by atoms with van der Waals surface area (Å²) in [6.07, 6.45) is 0. The number of nitrogens with one attached hydrogen (secondary N) is 1. The molecule has 0 amide bonds. The highest BCUT2D eigenvalue weighted by Gasteiger charge is 2.43. The lowest BCUT2D eigenvalue weighted by molar-refractivity contribution is -0.118. The second-order valence-corrected chi connectivity index (χ2v) is 6.45. The van der Waals surface area contributed by atoms with E-state index in [4.69, 9.17) is 4.74 Å². The third-order valence-electron chi connectivity index (χ3n) is 4.57. The summed E-state index contributed by atoms with van der Waals surface area (Å²) in [6.45, 7) is 1.62. The summed E-state index contributed by atoms with van der Waals surface area (Å²) >= 11 is 0. The van der Waals surface area contributed by atoms with Gasteiger partial charge in [0.1, 0.15) is 25.0 Å². The molecule has 1 fully saturated rings. The number of hydrogen-bond donors (Lipinski definition) is 2. The van der Waals surface area contributed by atoms with E-state index in [1.807, 2.05) is 30.3 Å². The van der Waals surface area contributed by atoms with Crippen molar-refractivity contribution in [1.82, 2.24) is 10.2 Å². The molecule has 0 radical (unpaired) electrons.